The minimum absolute atomic E-state index is 0.0764. The molecule has 1 aromatic carbocycles. The van der Waals surface area contributed by atoms with E-state index in [-0.39, 0.29) is 12.5 Å². The maximum Gasteiger partial charge on any atom is 0.260 e. The van der Waals surface area contributed by atoms with Crippen LogP contribution >= 0.6 is 0 Å². The number of carbonyl (C=O) groups excluding carboxylic acids is 1. The number of hydrogen-bond acceptors (Lipinski definition) is 3. The second-order valence-corrected chi connectivity index (χ2v) is 7.95. The summed E-state index contributed by atoms with van der Waals surface area (Å²) in [6.45, 7) is 11.1. The third-order valence-corrected chi connectivity index (χ3v) is 5.41. The summed E-state index contributed by atoms with van der Waals surface area (Å²) in [4.78, 5) is 14.4. The molecule has 1 aliphatic rings. The number of aromatic nitrogens is 2. The largest absolute Gasteiger partial charge is 0.484 e. The molecule has 1 fully saturated rings. The van der Waals surface area contributed by atoms with Crippen LogP contribution in [-0.2, 0) is 11.3 Å². The molecule has 5 nitrogen and oxygen atoms in total. The van der Waals surface area contributed by atoms with Crippen LogP contribution in [0.4, 0.5) is 0 Å². The lowest BCUT2D eigenvalue weighted by molar-refractivity contribution is -0.134. The lowest BCUT2D eigenvalue weighted by Crippen LogP contribution is -2.41. The standard InChI is InChI=1S/C22H31N3O2/c1-16(2)20-5-7-21(8-6-20)27-15-22(26)24-11-9-19(10-12-24)14-25-18(4)13-17(3)23-25/h5-8,13,16,19H,9-12,14-15H2,1-4H3. The highest BCUT2D eigenvalue weighted by atomic mass is 16.5. The van der Waals surface area contributed by atoms with Gasteiger partial charge in [0.1, 0.15) is 5.75 Å². The fourth-order valence-corrected chi connectivity index (χ4v) is 3.65. The third kappa shape index (κ3) is 5.12. The molecule has 0 spiro atoms. The summed E-state index contributed by atoms with van der Waals surface area (Å²) in [7, 11) is 0. The Bertz CT molecular complexity index is 756. The number of ether oxygens (including phenoxy) is 1. The zero-order valence-corrected chi connectivity index (χ0v) is 16.9. The number of aryl methyl sites for hydroxylation is 2. The van der Waals surface area contributed by atoms with Crippen LogP contribution in [0.2, 0.25) is 0 Å². The Hall–Kier alpha value is -2.30. The van der Waals surface area contributed by atoms with Gasteiger partial charge in [0.2, 0.25) is 0 Å². The smallest absolute Gasteiger partial charge is 0.260 e. The molecule has 27 heavy (non-hydrogen) atoms. The van der Waals surface area contributed by atoms with E-state index in [2.05, 4.69) is 48.8 Å². The topological polar surface area (TPSA) is 47.4 Å². The Kier molecular flexibility index (Phi) is 6.19. The molecule has 0 unspecified atom stereocenters. The fraction of sp³-hybridized carbons (Fsp3) is 0.545. The maximum atomic E-state index is 12.5. The summed E-state index contributed by atoms with van der Waals surface area (Å²) in [5, 5.41) is 4.55. The number of amides is 1. The highest BCUT2D eigenvalue weighted by Crippen LogP contribution is 2.21. The molecule has 0 aliphatic carbocycles. The van der Waals surface area contributed by atoms with Crippen molar-refractivity contribution >= 4 is 5.91 Å². The third-order valence-electron chi connectivity index (χ3n) is 5.41. The average molecular weight is 370 g/mol. The molecule has 3 rings (SSSR count). The van der Waals surface area contributed by atoms with E-state index in [1.165, 1.54) is 11.3 Å². The summed E-state index contributed by atoms with van der Waals surface area (Å²) < 4.78 is 7.79. The van der Waals surface area contributed by atoms with E-state index in [1.807, 2.05) is 24.0 Å². The van der Waals surface area contributed by atoms with Crippen LogP contribution in [0.25, 0.3) is 0 Å². The Balaban J connectivity index is 1.43. The predicted molar refractivity (Wildman–Crippen MR) is 107 cm³/mol. The molecule has 2 heterocycles. The van der Waals surface area contributed by atoms with Crippen molar-refractivity contribution in [2.75, 3.05) is 19.7 Å². The molecule has 0 N–H and O–H groups in total. The van der Waals surface area contributed by atoms with Gasteiger partial charge < -0.3 is 9.64 Å². The van der Waals surface area contributed by atoms with E-state index >= 15 is 0 Å². The molecule has 0 bridgehead atoms. The summed E-state index contributed by atoms with van der Waals surface area (Å²) in [5.41, 5.74) is 3.56. The van der Waals surface area contributed by atoms with Gasteiger partial charge in [-0.2, -0.15) is 5.10 Å². The summed E-state index contributed by atoms with van der Waals surface area (Å²) in [6.07, 6.45) is 2.04. The van der Waals surface area contributed by atoms with Gasteiger partial charge in [-0.15, -0.1) is 0 Å². The lowest BCUT2D eigenvalue weighted by atomic mass is 9.97. The van der Waals surface area contributed by atoms with Crippen LogP contribution in [-0.4, -0.2) is 40.3 Å². The van der Waals surface area contributed by atoms with Crippen molar-refractivity contribution in [3.63, 3.8) is 0 Å². The van der Waals surface area contributed by atoms with Gasteiger partial charge in [0, 0.05) is 25.3 Å². The summed E-state index contributed by atoms with van der Waals surface area (Å²) in [6, 6.07) is 10.1. The van der Waals surface area contributed by atoms with Crippen LogP contribution in [0.3, 0.4) is 0 Å². The van der Waals surface area contributed by atoms with Crippen LogP contribution in [0.1, 0.15) is 49.6 Å². The van der Waals surface area contributed by atoms with Gasteiger partial charge in [-0.05, 0) is 62.3 Å². The number of benzene rings is 1. The minimum Gasteiger partial charge on any atom is -0.484 e. The second kappa shape index (κ2) is 8.59. The first kappa shape index (κ1) is 19.5. The highest BCUT2D eigenvalue weighted by Gasteiger charge is 2.23. The van der Waals surface area contributed by atoms with E-state index in [4.69, 9.17) is 4.74 Å². The van der Waals surface area contributed by atoms with Crippen molar-refractivity contribution in [3.8, 4) is 5.75 Å². The number of likely N-dealkylation sites (tertiary alicyclic amines) is 1. The van der Waals surface area contributed by atoms with Crippen LogP contribution < -0.4 is 4.74 Å². The van der Waals surface area contributed by atoms with Crippen molar-refractivity contribution in [1.82, 2.24) is 14.7 Å². The Morgan fingerprint density at radius 3 is 2.41 bits per heavy atom. The predicted octanol–water partition coefficient (Wildman–Crippen LogP) is 3.94. The zero-order chi connectivity index (χ0) is 19.4. The monoisotopic (exact) mass is 369 g/mol. The van der Waals surface area contributed by atoms with Gasteiger partial charge in [-0.1, -0.05) is 26.0 Å². The van der Waals surface area contributed by atoms with E-state index in [0.717, 1.165) is 43.9 Å². The molecule has 5 heteroatoms. The fourth-order valence-electron chi connectivity index (χ4n) is 3.65. The number of hydrogen-bond donors (Lipinski definition) is 0. The number of carbonyl (C=O) groups is 1. The molecule has 0 atom stereocenters. The van der Waals surface area contributed by atoms with E-state index in [1.54, 1.807) is 0 Å². The highest BCUT2D eigenvalue weighted by molar-refractivity contribution is 5.77. The van der Waals surface area contributed by atoms with E-state index < -0.39 is 0 Å². The summed E-state index contributed by atoms with van der Waals surface area (Å²) >= 11 is 0. The molecule has 146 valence electrons. The second-order valence-electron chi connectivity index (χ2n) is 7.95. The molecule has 1 aliphatic heterocycles. The number of nitrogens with zero attached hydrogens (tertiary/aromatic N) is 3. The van der Waals surface area contributed by atoms with Gasteiger partial charge in [0.25, 0.3) is 5.91 Å². The summed E-state index contributed by atoms with van der Waals surface area (Å²) in [5.74, 6) is 1.91. The first-order valence-corrected chi connectivity index (χ1v) is 9.94. The van der Waals surface area contributed by atoms with Gasteiger partial charge in [0.15, 0.2) is 6.61 Å². The normalized spacial score (nSPS) is 15.4. The first-order chi connectivity index (χ1) is 12.9. The Morgan fingerprint density at radius 1 is 1.19 bits per heavy atom. The molecule has 1 saturated heterocycles. The van der Waals surface area contributed by atoms with Crippen molar-refractivity contribution < 1.29 is 9.53 Å². The maximum absolute atomic E-state index is 12.5. The Labute approximate surface area is 162 Å². The van der Waals surface area contributed by atoms with Crippen molar-refractivity contribution in [1.29, 1.82) is 0 Å². The van der Waals surface area contributed by atoms with Crippen molar-refractivity contribution in [2.45, 2.75) is 53.0 Å². The molecular formula is C22H31N3O2. The van der Waals surface area contributed by atoms with Gasteiger partial charge >= 0.3 is 0 Å². The van der Waals surface area contributed by atoms with E-state index in [0.29, 0.717) is 11.8 Å². The molecule has 1 amide bonds. The first-order valence-electron chi connectivity index (χ1n) is 9.94. The SMILES string of the molecule is Cc1cc(C)n(CC2CCN(C(=O)COc3ccc(C(C)C)cc3)CC2)n1. The van der Waals surface area contributed by atoms with Crippen LogP contribution in [0.15, 0.2) is 30.3 Å². The van der Waals surface area contributed by atoms with Gasteiger partial charge in [-0.25, -0.2) is 0 Å². The Morgan fingerprint density at radius 2 is 1.85 bits per heavy atom. The van der Waals surface area contributed by atoms with Crippen molar-refractivity contribution in [3.05, 3.63) is 47.3 Å². The van der Waals surface area contributed by atoms with Crippen LogP contribution in [0, 0.1) is 19.8 Å². The molecule has 0 saturated carbocycles. The molecule has 2 aromatic rings. The number of piperidine rings is 1. The molecule has 1 aromatic heterocycles. The van der Waals surface area contributed by atoms with Gasteiger partial charge in [0.05, 0.1) is 5.69 Å². The molecule has 0 radical (unpaired) electrons. The zero-order valence-electron chi connectivity index (χ0n) is 16.9. The quantitative estimate of drug-likeness (QED) is 0.775. The van der Waals surface area contributed by atoms with Gasteiger partial charge in [-0.3, -0.25) is 9.48 Å². The number of rotatable bonds is 6. The average Bonchev–Trinajstić information content (AvgIpc) is 2.97. The van der Waals surface area contributed by atoms with E-state index in [9.17, 15) is 4.79 Å². The molecular weight excluding hydrogens is 338 g/mol. The minimum atomic E-state index is 0.0764. The lowest BCUT2D eigenvalue weighted by Gasteiger charge is -2.32. The van der Waals surface area contributed by atoms with Crippen LogP contribution in [0.5, 0.6) is 5.75 Å². The van der Waals surface area contributed by atoms with Crippen molar-refractivity contribution in [2.24, 2.45) is 5.92 Å².